The molecule has 0 amide bonds. The summed E-state index contributed by atoms with van der Waals surface area (Å²) in [6, 6.07) is 2.59. The van der Waals surface area contributed by atoms with E-state index >= 15 is 0 Å². The van der Waals surface area contributed by atoms with Crippen LogP contribution in [-0.2, 0) is 0 Å². The molecule has 0 radical (unpaired) electrons. The van der Waals surface area contributed by atoms with Crippen LogP contribution < -0.4 is 0 Å². The van der Waals surface area contributed by atoms with Crippen molar-refractivity contribution in [2.45, 2.75) is 46.0 Å². The van der Waals surface area contributed by atoms with Gasteiger partial charge in [-0.05, 0) is 43.1 Å². The Morgan fingerprint density at radius 1 is 1.50 bits per heavy atom. The minimum atomic E-state index is 0.0445. The normalized spacial score (nSPS) is 31.6. The van der Waals surface area contributed by atoms with Crippen LogP contribution in [0.3, 0.4) is 0 Å². The molecule has 1 rings (SSSR count). The van der Waals surface area contributed by atoms with E-state index in [0.29, 0.717) is 0 Å². The van der Waals surface area contributed by atoms with Crippen LogP contribution in [0, 0.1) is 22.7 Å². The molecular weight excluding hydrogens is 190 g/mol. The minimum Gasteiger partial charge on any atom is -0.198 e. The molecule has 0 saturated heterocycles. The van der Waals surface area contributed by atoms with Crippen LogP contribution >= 0.6 is 11.8 Å². The van der Waals surface area contributed by atoms with Crippen molar-refractivity contribution in [3.63, 3.8) is 0 Å². The van der Waals surface area contributed by atoms with Crippen molar-refractivity contribution >= 4 is 11.8 Å². The quantitative estimate of drug-likeness (QED) is 0.645. The minimum absolute atomic E-state index is 0.0445. The third-order valence-corrected chi connectivity index (χ3v) is 4.36. The van der Waals surface area contributed by atoms with Crippen LogP contribution in [0.5, 0.6) is 0 Å². The van der Waals surface area contributed by atoms with Gasteiger partial charge in [-0.2, -0.15) is 17.0 Å². The monoisotopic (exact) mass is 211 g/mol. The molecule has 1 fully saturated rings. The number of rotatable bonds is 5. The van der Waals surface area contributed by atoms with Crippen molar-refractivity contribution in [1.82, 2.24) is 0 Å². The lowest BCUT2D eigenvalue weighted by Gasteiger charge is -2.20. The maximum absolute atomic E-state index is 9.27. The van der Waals surface area contributed by atoms with Crippen LogP contribution in [0.1, 0.15) is 46.0 Å². The predicted octanol–water partition coefficient (Wildman–Crippen LogP) is 3.85. The first kappa shape index (κ1) is 11.9. The van der Waals surface area contributed by atoms with E-state index in [2.05, 4.69) is 19.9 Å². The summed E-state index contributed by atoms with van der Waals surface area (Å²) in [5.74, 6) is 3.17. The van der Waals surface area contributed by atoms with Crippen molar-refractivity contribution < 1.29 is 0 Å². The fraction of sp³-hybridized carbons (Fsp3) is 0.917. The first-order chi connectivity index (χ1) is 6.76. The van der Waals surface area contributed by atoms with Crippen molar-refractivity contribution in [3.8, 4) is 6.07 Å². The summed E-state index contributed by atoms with van der Waals surface area (Å²) in [5.41, 5.74) is 0.0445. The van der Waals surface area contributed by atoms with Gasteiger partial charge in [0, 0.05) is 0 Å². The van der Waals surface area contributed by atoms with Crippen molar-refractivity contribution in [2.75, 3.05) is 11.5 Å². The Kier molecular flexibility index (Phi) is 4.81. The Labute approximate surface area is 92.3 Å². The third-order valence-electron chi connectivity index (χ3n) is 3.45. The van der Waals surface area contributed by atoms with E-state index in [1.54, 1.807) is 0 Å². The van der Waals surface area contributed by atoms with E-state index in [1.807, 2.05) is 11.8 Å². The topological polar surface area (TPSA) is 23.8 Å². The third kappa shape index (κ3) is 2.92. The molecule has 0 heterocycles. The molecule has 0 aromatic rings. The average Bonchev–Trinajstić information content (AvgIpc) is 2.63. The molecular formula is C12H21NS. The molecule has 2 heteroatoms. The number of nitrogens with zero attached hydrogens (tertiary/aromatic N) is 1. The van der Waals surface area contributed by atoms with Crippen LogP contribution in [0.25, 0.3) is 0 Å². The molecule has 0 bridgehead atoms. The molecule has 1 aliphatic rings. The lowest BCUT2D eigenvalue weighted by atomic mass is 9.84. The maximum Gasteiger partial charge on any atom is 0.0690 e. The SMILES string of the molecule is CCSCCC1(C#N)CCC(CC)C1. The molecule has 2 atom stereocenters. The van der Waals surface area contributed by atoms with E-state index in [-0.39, 0.29) is 5.41 Å². The lowest BCUT2D eigenvalue weighted by molar-refractivity contribution is 0.373. The van der Waals surface area contributed by atoms with Crippen LogP contribution in [0.4, 0.5) is 0 Å². The van der Waals surface area contributed by atoms with Gasteiger partial charge in [0.25, 0.3) is 0 Å². The first-order valence-electron chi connectivity index (χ1n) is 5.75. The molecule has 14 heavy (non-hydrogen) atoms. The first-order valence-corrected chi connectivity index (χ1v) is 6.91. The van der Waals surface area contributed by atoms with E-state index < -0.39 is 0 Å². The number of hydrogen-bond acceptors (Lipinski definition) is 2. The molecule has 80 valence electrons. The number of nitriles is 1. The van der Waals surface area contributed by atoms with Crippen molar-refractivity contribution in [2.24, 2.45) is 11.3 Å². The fourth-order valence-corrected chi connectivity index (χ4v) is 3.21. The summed E-state index contributed by atoms with van der Waals surface area (Å²) < 4.78 is 0. The van der Waals surface area contributed by atoms with Crippen LogP contribution in [0.15, 0.2) is 0 Å². The fourth-order valence-electron chi connectivity index (χ4n) is 2.38. The largest absolute Gasteiger partial charge is 0.198 e. The van der Waals surface area contributed by atoms with Gasteiger partial charge >= 0.3 is 0 Å². The predicted molar refractivity (Wildman–Crippen MR) is 63.3 cm³/mol. The highest BCUT2D eigenvalue weighted by molar-refractivity contribution is 7.99. The van der Waals surface area contributed by atoms with Crippen LogP contribution in [0.2, 0.25) is 0 Å². The highest BCUT2D eigenvalue weighted by Gasteiger charge is 2.37. The molecule has 0 aliphatic heterocycles. The number of hydrogen-bond donors (Lipinski definition) is 0. The van der Waals surface area contributed by atoms with Gasteiger partial charge in [-0.25, -0.2) is 0 Å². The van der Waals surface area contributed by atoms with E-state index in [1.165, 1.54) is 24.3 Å². The molecule has 1 nitrogen and oxygen atoms in total. The maximum atomic E-state index is 9.27. The van der Waals surface area contributed by atoms with Gasteiger partial charge in [0.05, 0.1) is 11.5 Å². The van der Waals surface area contributed by atoms with Gasteiger partial charge in [-0.1, -0.05) is 20.3 Å². The molecule has 0 aromatic carbocycles. The molecule has 1 aliphatic carbocycles. The molecule has 0 aromatic heterocycles. The molecule has 2 unspecified atom stereocenters. The molecule has 0 spiro atoms. The summed E-state index contributed by atoms with van der Waals surface area (Å²) in [6.45, 7) is 4.44. The Hall–Kier alpha value is -0.160. The van der Waals surface area contributed by atoms with Crippen molar-refractivity contribution in [3.05, 3.63) is 0 Å². The van der Waals surface area contributed by atoms with E-state index in [4.69, 9.17) is 0 Å². The highest BCUT2D eigenvalue weighted by atomic mass is 32.2. The van der Waals surface area contributed by atoms with Gasteiger partial charge in [-0.15, -0.1) is 0 Å². The highest BCUT2D eigenvalue weighted by Crippen LogP contribution is 2.45. The van der Waals surface area contributed by atoms with Gasteiger partial charge in [0.2, 0.25) is 0 Å². The summed E-state index contributed by atoms with van der Waals surface area (Å²) in [5, 5.41) is 9.27. The Morgan fingerprint density at radius 3 is 2.79 bits per heavy atom. The summed E-state index contributed by atoms with van der Waals surface area (Å²) in [7, 11) is 0. The Bertz CT molecular complexity index is 209. The van der Waals surface area contributed by atoms with Crippen molar-refractivity contribution in [1.29, 1.82) is 5.26 Å². The Morgan fingerprint density at radius 2 is 2.29 bits per heavy atom. The smallest absolute Gasteiger partial charge is 0.0690 e. The standard InChI is InChI=1S/C12H21NS/c1-3-11-5-6-12(9-11,10-13)7-8-14-4-2/h11H,3-9H2,1-2H3. The zero-order valence-corrected chi connectivity index (χ0v) is 10.2. The summed E-state index contributed by atoms with van der Waals surface area (Å²) in [4.78, 5) is 0. The summed E-state index contributed by atoms with van der Waals surface area (Å²) in [6.07, 6.45) is 5.94. The molecule has 1 saturated carbocycles. The van der Waals surface area contributed by atoms with E-state index in [0.717, 1.165) is 25.2 Å². The van der Waals surface area contributed by atoms with Gasteiger partial charge < -0.3 is 0 Å². The van der Waals surface area contributed by atoms with Gasteiger partial charge in [-0.3, -0.25) is 0 Å². The number of thioether (sulfide) groups is 1. The second-order valence-corrected chi connectivity index (χ2v) is 5.75. The molecule has 0 N–H and O–H groups in total. The van der Waals surface area contributed by atoms with Gasteiger partial charge in [0.1, 0.15) is 0 Å². The Balaban J connectivity index is 2.40. The second-order valence-electron chi connectivity index (χ2n) is 4.36. The van der Waals surface area contributed by atoms with E-state index in [9.17, 15) is 5.26 Å². The van der Waals surface area contributed by atoms with Crippen LogP contribution in [-0.4, -0.2) is 11.5 Å². The second kappa shape index (κ2) is 5.66. The summed E-state index contributed by atoms with van der Waals surface area (Å²) >= 11 is 1.97. The average molecular weight is 211 g/mol. The van der Waals surface area contributed by atoms with Gasteiger partial charge in [0.15, 0.2) is 0 Å². The lowest BCUT2D eigenvalue weighted by Crippen LogP contribution is -2.15. The zero-order valence-electron chi connectivity index (χ0n) is 9.38. The zero-order chi connectivity index (χ0) is 10.4.